The quantitative estimate of drug-likeness (QED) is 0.643. The van der Waals surface area contributed by atoms with Gasteiger partial charge in [-0.15, -0.1) is 0 Å². The third-order valence-corrected chi connectivity index (χ3v) is 4.80. The molecule has 3 N–H and O–H groups in total. The summed E-state index contributed by atoms with van der Waals surface area (Å²) in [6.45, 7) is 5.56. The van der Waals surface area contributed by atoms with Crippen molar-refractivity contribution in [3.63, 3.8) is 0 Å². The molecule has 0 aliphatic heterocycles. The monoisotopic (exact) mass is 332 g/mol. The number of benzene rings is 1. The lowest BCUT2D eigenvalue weighted by Gasteiger charge is -2.38. The summed E-state index contributed by atoms with van der Waals surface area (Å²) in [7, 11) is 0. The van der Waals surface area contributed by atoms with E-state index in [2.05, 4.69) is 12.2 Å². The summed E-state index contributed by atoms with van der Waals surface area (Å²) in [5.74, 6) is 1.19. The molecule has 0 aromatic heterocycles. The van der Waals surface area contributed by atoms with E-state index in [0.717, 1.165) is 37.2 Å². The molecule has 1 amide bonds. The molecule has 1 fully saturated rings. The summed E-state index contributed by atoms with van der Waals surface area (Å²) in [5, 5.41) is 2.97. The van der Waals surface area contributed by atoms with Crippen LogP contribution in [0.3, 0.4) is 0 Å². The summed E-state index contributed by atoms with van der Waals surface area (Å²) >= 11 is 0. The molecule has 1 aromatic rings. The molecule has 1 atom stereocenters. The fourth-order valence-electron chi connectivity index (χ4n) is 3.42. The lowest BCUT2D eigenvalue weighted by Crippen LogP contribution is -2.44. The molecule has 1 aliphatic rings. The first-order valence-electron chi connectivity index (χ1n) is 9.41. The molecule has 2 rings (SSSR count). The summed E-state index contributed by atoms with van der Waals surface area (Å²) in [6, 6.07) is 8.27. The van der Waals surface area contributed by atoms with Crippen molar-refractivity contribution in [3.8, 4) is 5.75 Å². The summed E-state index contributed by atoms with van der Waals surface area (Å²) in [5.41, 5.74) is 6.98. The molecule has 1 saturated carbocycles. The first-order chi connectivity index (χ1) is 11.7. The van der Waals surface area contributed by atoms with Crippen LogP contribution in [0.4, 0.5) is 0 Å². The molecule has 1 aliphatic carbocycles. The molecule has 0 saturated heterocycles. The van der Waals surface area contributed by atoms with Crippen molar-refractivity contribution in [1.29, 1.82) is 0 Å². The maximum atomic E-state index is 12.5. The smallest absolute Gasteiger partial charge is 0.227 e. The Balaban J connectivity index is 2.01. The lowest BCUT2D eigenvalue weighted by atomic mass is 9.70. The van der Waals surface area contributed by atoms with E-state index in [0.29, 0.717) is 12.5 Å². The Morgan fingerprint density at radius 1 is 1.29 bits per heavy atom. The van der Waals surface area contributed by atoms with Crippen LogP contribution < -0.4 is 15.8 Å². The maximum absolute atomic E-state index is 12.5. The van der Waals surface area contributed by atoms with Gasteiger partial charge in [-0.25, -0.2) is 0 Å². The number of likely N-dealkylation sites (N-methyl/N-ethyl adjacent to an activating group) is 1. The van der Waals surface area contributed by atoms with Crippen molar-refractivity contribution >= 4 is 5.91 Å². The number of nitrogens with one attached hydrogen (secondary N) is 1. The van der Waals surface area contributed by atoms with Crippen LogP contribution in [0.5, 0.6) is 5.75 Å². The van der Waals surface area contributed by atoms with Gasteiger partial charge in [0, 0.05) is 12.6 Å². The van der Waals surface area contributed by atoms with Crippen LogP contribution in [0.25, 0.3) is 0 Å². The number of hydrogen-bond donors (Lipinski definition) is 2. The van der Waals surface area contributed by atoms with Gasteiger partial charge >= 0.3 is 0 Å². The fraction of sp³-hybridized carbons (Fsp3) is 0.650. The largest absolute Gasteiger partial charge is 0.494 e. The number of amides is 1. The Morgan fingerprint density at radius 3 is 2.75 bits per heavy atom. The second-order valence-electron chi connectivity index (χ2n) is 6.85. The van der Waals surface area contributed by atoms with Crippen LogP contribution in [0, 0.1) is 5.92 Å². The Hall–Kier alpha value is -1.55. The number of unbranched alkanes of at least 4 members (excludes halogenated alkanes) is 3. The van der Waals surface area contributed by atoms with Crippen LogP contribution in [0.15, 0.2) is 24.3 Å². The van der Waals surface area contributed by atoms with E-state index in [4.69, 9.17) is 10.5 Å². The zero-order valence-corrected chi connectivity index (χ0v) is 15.1. The van der Waals surface area contributed by atoms with Gasteiger partial charge in [-0.2, -0.15) is 0 Å². The van der Waals surface area contributed by atoms with Gasteiger partial charge in [-0.3, -0.25) is 4.79 Å². The van der Waals surface area contributed by atoms with Crippen LogP contribution in [-0.4, -0.2) is 25.1 Å². The predicted octanol–water partition coefficient (Wildman–Crippen LogP) is 3.60. The number of nitrogens with two attached hydrogens (primary N) is 1. The Kier molecular flexibility index (Phi) is 7.57. The van der Waals surface area contributed by atoms with Gasteiger partial charge in [0.05, 0.1) is 12.5 Å². The Morgan fingerprint density at radius 2 is 2.08 bits per heavy atom. The topological polar surface area (TPSA) is 64.3 Å². The van der Waals surface area contributed by atoms with Crippen molar-refractivity contribution in [2.24, 2.45) is 11.7 Å². The van der Waals surface area contributed by atoms with E-state index < -0.39 is 0 Å². The Labute approximate surface area is 146 Å². The molecule has 134 valence electrons. The summed E-state index contributed by atoms with van der Waals surface area (Å²) in [4.78, 5) is 12.5. The zero-order valence-electron chi connectivity index (χ0n) is 15.1. The van der Waals surface area contributed by atoms with E-state index in [-0.39, 0.29) is 17.9 Å². The average Bonchev–Trinajstić information content (AvgIpc) is 2.54. The molecule has 1 aromatic carbocycles. The summed E-state index contributed by atoms with van der Waals surface area (Å²) in [6.07, 6.45) is 6.61. The van der Waals surface area contributed by atoms with Gasteiger partial charge in [0.15, 0.2) is 0 Å². The van der Waals surface area contributed by atoms with Crippen molar-refractivity contribution in [2.45, 2.75) is 64.3 Å². The average molecular weight is 332 g/mol. The van der Waals surface area contributed by atoms with E-state index in [9.17, 15) is 4.79 Å². The molecule has 0 bridgehead atoms. The molecule has 4 nitrogen and oxygen atoms in total. The molecule has 0 radical (unpaired) electrons. The van der Waals surface area contributed by atoms with E-state index >= 15 is 0 Å². The number of hydrogen-bond acceptors (Lipinski definition) is 3. The third kappa shape index (κ3) is 5.23. The Bertz CT molecular complexity index is 512. The van der Waals surface area contributed by atoms with Gasteiger partial charge < -0.3 is 15.8 Å². The van der Waals surface area contributed by atoms with Crippen LogP contribution in [-0.2, 0) is 4.79 Å². The molecule has 24 heavy (non-hydrogen) atoms. The first-order valence-corrected chi connectivity index (χ1v) is 9.41. The van der Waals surface area contributed by atoms with E-state index in [1.807, 2.05) is 31.2 Å². The first kappa shape index (κ1) is 18.8. The SMILES string of the molecule is CCCCCCOc1cccc(C(C(=O)NCC)C2CC(N)C2)c1. The lowest BCUT2D eigenvalue weighted by molar-refractivity contribution is -0.124. The van der Waals surface area contributed by atoms with Crippen molar-refractivity contribution < 1.29 is 9.53 Å². The summed E-state index contributed by atoms with van der Waals surface area (Å²) < 4.78 is 5.88. The highest BCUT2D eigenvalue weighted by Crippen LogP contribution is 2.39. The highest BCUT2D eigenvalue weighted by atomic mass is 16.5. The maximum Gasteiger partial charge on any atom is 0.227 e. The molecular formula is C20H32N2O2. The van der Waals surface area contributed by atoms with Crippen LogP contribution in [0.1, 0.15) is 63.9 Å². The van der Waals surface area contributed by atoms with Gasteiger partial charge in [-0.05, 0) is 49.8 Å². The number of rotatable bonds is 10. The van der Waals surface area contributed by atoms with Gasteiger partial charge in [0.1, 0.15) is 5.75 Å². The second kappa shape index (κ2) is 9.67. The van der Waals surface area contributed by atoms with Crippen LogP contribution >= 0.6 is 0 Å². The van der Waals surface area contributed by atoms with Gasteiger partial charge in [-0.1, -0.05) is 38.3 Å². The van der Waals surface area contributed by atoms with Crippen molar-refractivity contribution in [3.05, 3.63) is 29.8 Å². The third-order valence-electron chi connectivity index (χ3n) is 4.80. The standard InChI is InChI=1S/C20H32N2O2/c1-3-5-6-7-11-24-18-10-8-9-15(14-18)19(20(23)22-4-2)16-12-17(21)13-16/h8-10,14,16-17,19H,3-7,11-13,21H2,1-2H3,(H,22,23). The number of carbonyl (C=O) groups excluding carboxylic acids is 1. The molecule has 4 heteroatoms. The minimum absolute atomic E-state index is 0.106. The molecule has 0 heterocycles. The normalized spacial score (nSPS) is 21.0. The van der Waals surface area contributed by atoms with Crippen molar-refractivity contribution in [2.75, 3.05) is 13.2 Å². The van der Waals surface area contributed by atoms with Gasteiger partial charge in [0.25, 0.3) is 0 Å². The molecule has 1 unspecified atom stereocenters. The van der Waals surface area contributed by atoms with Crippen molar-refractivity contribution in [1.82, 2.24) is 5.32 Å². The van der Waals surface area contributed by atoms with Gasteiger partial charge in [0.2, 0.25) is 5.91 Å². The highest BCUT2D eigenvalue weighted by molar-refractivity contribution is 5.84. The minimum Gasteiger partial charge on any atom is -0.494 e. The van der Waals surface area contributed by atoms with Crippen LogP contribution in [0.2, 0.25) is 0 Å². The highest BCUT2D eigenvalue weighted by Gasteiger charge is 2.37. The molecular weight excluding hydrogens is 300 g/mol. The fourth-order valence-corrected chi connectivity index (χ4v) is 3.42. The molecule has 0 spiro atoms. The minimum atomic E-state index is -0.117. The predicted molar refractivity (Wildman–Crippen MR) is 98.2 cm³/mol. The van der Waals surface area contributed by atoms with E-state index in [1.165, 1.54) is 19.3 Å². The number of carbonyl (C=O) groups is 1. The number of ether oxygens (including phenoxy) is 1. The zero-order chi connectivity index (χ0) is 17.4. The van der Waals surface area contributed by atoms with E-state index in [1.54, 1.807) is 0 Å². The second-order valence-corrected chi connectivity index (χ2v) is 6.85.